The van der Waals surface area contributed by atoms with Gasteiger partial charge in [-0.3, -0.25) is 0 Å². The van der Waals surface area contributed by atoms with Crippen LogP contribution in [0.15, 0.2) is 46.7 Å². The van der Waals surface area contributed by atoms with Crippen LogP contribution in [-0.4, -0.2) is 21.3 Å². The first-order valence-corrected chi connectivity index (χ1v) is 8.50. The van der Waals surface area contributed by atoms with E-state index in [-0.39, 0.29) is 11.4 Å². The highest BCUT2D eigenvalue weighted by Gasteiger charge is 2.31. The zero-order chi connectivity index (χ0) is 16.2. The van der Waals surface area contributed by atoms with E-state index in [1.807, 2.05) is 17.5 Å². The first-order chi connectivity index (χ1) is 10.3. The van der Waals surface area contributed by atoms with E-state index in [2.05, 4.69) is 9.46 Å². The molecule has 0 spiro atoms. The minimum absolute atomic E-state index is 0.117. The van der Waals surface area contributed by atoms with Crippen LogP contribution in [0.4, 0.5) is 13.2 Å². The molecule has 0 aliphatic rings. The lowest BCUT2D eigenvalue weighted by Crippen LogP contribution is -2.25. The van der Waals surface area contributed by atoms with Crippen molar-refractivity contribution in [2.75, 3.05) is 6.54 Å². The third kappa shape index (κ3) is 5.00. The number of rotatable bonds is 6. The average Bonchev–Trinajstić information content (AvgIpc) is 2.90. The topological polar surface area (TPSA) is 55.4 Å². The van der Waals surface area contributed by atoms with Gasteiger partial charge in [0.1, 0.15) is 5.75 Å². The zero-order valence-corrected chi connectivity index (χ0v) is 12.8. The number of hydrogen-bond donors (Lipinski definition) is 1. The SMILES string of the molecule is O=S(=O)(NCCc1cccs1)c1ccc(OC(F)(F)F)cc1. The van der Waals surface area contributed by atoms with Crippen LogP contribution in [0.25, 0.3) is 0 Å². The van der Waals surface area contributed by atoms with E-state index in [1.54, 1.807) is 0 Å². The Balaban J connectivity index is 1.97. The highest BCUT2D eigenvalue weighted by molar-refractivity contribution is 7.89. The number of nitrogens with one attached hydrogen (secondary N) is 1. The minimum atomic E-state index is -4.81. The first kappa shape index (κ1) is 16.8. The molecular formula is C13H12F3NO3S2. The van der Waals surface area contributed by atoms with Crippen molar-refractivity contribution < 1.29 is 26.3 Å². The van der Waals surface area contributed by atoms with Gasteiger partial charge in [0.15, 0.2) is 0 Å². The Bertz CT molecular complexity index is 695. The lowest BCUT2D eigenvalue weighted by atomic mass is 10.3. The van der Waals surface area contributed by atoms with Gasteiger partial charge in [-0.25, -0.2) is 13.1 Å². The summed E-state index contributed by atoms with van der Waals surface area (Å²) in [4.78, 5) is 0.921. The van der Waals surface area contributed by atoms with Crippen molar-refractivity contribution in [3.8, 4) is 5.75 Å². The van der Waals surface area contributed by atoms with Crippen LogP contribution in [0.2, 0.25) is 0 Å². The molecule has 9 heteroatoms. The number of hydrogen-bond acceptors (Lipinski definition) is 4. The third-order valence-corrected chi connectivity index (χ3v) is 5.02. The molecule has 0 amide bonds. The van der Waals surface area contributed by atoms with Gasteiger partial charge in [0.2, 0.25) is 10.0 Å². The van der Waals surface area contributed by atoms with Gasteiger partial charge in [-0.15, -0.1) is 24.5 Å². The van der Waals surface area contributed by atoms with Gasteiger partial charge in [-0.05, 0) is 42.1 Å². The van der Waals surface area contributed by atoms with Crippen LogP contribution in [0.5, 0.6) is 5.75 Å². The predicted octanol–water partition coefficient (Wildman–Crippen LogP) is 3.17. The van der Waals surface area contributed by atoms with Crippen LogP contribution in [-0.2, 0) is 16.4 Å². The fraction of sp³-hybridized carbons (Fsp3) is 0.231. The summed E-state index contributed by atoms with van der Waals surface area (Å²) in [5, 5.41) is 1.89. The summed E-state index contributed by atoms with van der Waals surface area (Å²) < 4.78 is 66.1. The maximum Gasteiger partial charge on any atom is 0.573 e. The highest BCUT2D eigenvalue weighted by Crippen LogP contribution is 2.23. The Hall–Kier alpha value is -1.58. The molecule has 1 aromatic heterocycles. The molecule has 1 aromatic carbocycles. The molecule has 2 aromatic rings. The number of thiophene rings is 1. The molecule has 0 saturated heterocycles. The minimum Gasteiger partial charge on any atom is -0.406 e. The van der Waals surface area contributed by atoms with Gasteiger partial charge in [-0.2, -0.15) is 0 Å². The second kappa shape index (κ2) is 6.67. The lowest BCUT2D eigenvalue weighted by molar-refractivity contribution is -0.274. The standard InChI is InChI=1S/C13H12F3NO3S2/c14-13(15,16)20-10-3-5-12(6-4-10)22(18,19)17-8-7-11-2-1-9-21-11/h1-6,9,17H,7-8H2. The van der Waals surface area contributed by atoms with Crippen molar-refractivity contribution in [3.05, 3.63) is 46.7 Å². The van der Waals surface area contributed by atoms with E-state index in [4.69, 9.17) is 0 Å². The molecule has 1 heterocycles. The molecule has 0 aliphatic carbocycles. The molecule has 0 atom stereocenters. The molecule has 0 saturated carbocycles. The zero-order valence-electron chi connectivity index (χ0n) is 11.1. The van der Waals surface area contributed by atoms with Crippen molar-refractivity contribution in [3.63, 3.8) is 0 Å². The molecule has 0 bridgehead atoms. The van der Waals surface area contributed by atoms with Crippen LogP contribution in [0.1, 0.15) is 4.88 Å². The maximum absolute atomic E-state index is 12.0. The number of ether oxygens (including phenoxy) is 1. The van der Waals surface area contributed by atoms with Crippen LogP contribution < -0.4 is 9.46 Å². The van der Waals surface area contributed by atoms with Gasteiger partial charge in [0.25, 0.3) is 0 Å². The van der Waals surface area contributed by atoms with E-state index in [1.165, 1.54) is 11.3 Å². The lowest BCUT2D eigenvalue weighted by Gasteiger charge is -2.10. The number of alkyl halides is 3. The normalized spacial score (nSPS) is 12.3. The molecule has 0 radical (unpaired) electrons. The summed E-state index contributed by atoms with van der Waals surface area (Å²) in [6, 6.07) is 7.81. The van der Waals surface area contributed by atoms with Crippen LogP contribution in [0.3, 0.4) is 0 Å². The van der Waals surface area contributed by atoms with Crippen LogP contribution in [0, 0.1) is 0 Å². The van der Waals surface area contributed by atoms with E-state index < -0.39 is 22.1 Å². The van der Waals surface area contributed by atoms with Crippen LogP contribution >= 0.6 is 11.3 Å². The monoisotopic (exact) mass is 351 g/mol. The molecule has 120 valence electrons. The fourth-order valence-electron chi connectivity index (χ4n) is 1.67. The Morgan fingerprint density at radius 2 is 1.82 bits per heavy atom. The largest absolute Gasteiger partial charge is 0.573 e. The Labute approximate surface area is 129 Å². The van der Waals surface area contributed by atoms with Gasteiger partial charge < -0.3 is 4.74 Å². The van der Waals surface area contributed by atoms with Gasteiger partial charge in [0, 0.05) is 11.4 Å². The second-order valence-corrected chi connectivity index (χ2v) is 7.05. The number of benzene rings is 1. The summed E-state index contributed by atoms with van der Waals surface area (Å²) in [5.74, 6) is -0.468. The molecule has 0 aliphatic heterocycles. The highest BCUT2D eigenvalue weighted by atomic mass is 32.2. The van der Waals surface area contributed by atoms with E-state index in [0.717, 1.165) is 29.1 Å². The van der Waals surface area contributed by atoms with Crippen molar-refractivity contribution in [2.45, 2.75) is 17.7 Å². The van der Waals surface area contributed by atoms with Gasteiger partial charge in [-0.1, -0.05) is 6.07 Å². The molecule has 0 fully saturated rings. The molecule has 4 nitrogen and oxygen atoms in total. The third-order valence-electron chi connectivity index (χ3n) is 2.61. The quantitative estimate of drug-likeness (QED) is 0.870. The Morgan fingerprint density at radius 1 is 1.14 bits per heavy atom. The predicted molar refractivity (Wildman–Crippen MR) is 76.3 cm³/mol. The summed E-state index contributed by atoms with van der Waals surface area (Å²) in [6.07, 6.45) is -4.26. The van der Waals surface area contributed by atoms with Gasteiger partial charge in [0.05, 0.1) is 4.90 Å². The van der Waals surface area contributed by atoms with Crippen molar-refractivity contribution in [1.29, 1.82) is 0 Å². The Kier molecular flexibility index (Phi) is 5.09. The molecular weight excluding hydrogens is 339 g/mol. The summed E-state index contributed by atoms with van der Waals surface area (Å²) >= 11 is 1.52. The summed E-state index contributed by atoms with van der Waals surface area (Å²) in [5.41, 5.74) is 0. The summed E-state index contributed by atoms with van der Waals surface area (Å²) in [7, 11) is -3.76. The van der Waals surface area contributed by atoms with E-state index >= 15 is 0 Å². The fourth-order valence-corrected chi connectivity index (χ4v) is 3.41. The van der Waals surface area contributed by atoms with Crippen molar-refractivity contribution in [1.82, 2.24) is 4.72 Å². The summed E-state index contributed by atoms with van der Waals surface area (Å²) in [6.45, 7) is 0.212. The number of sulfonamides is 1. The number of halogens is 3. The van der Waals surface area contributed by atoms with Crippen molar-refractivity contribution >= 4 is 21.4 Å². The molecule has 0 unspecified atom stereocenters. The molecule has 22 heavy (non-hydrogen) atoms. The van der Waals surface area contributed by atoms with E-state index in [0.29, 0.717) is 6.42 Å². The average molecular weight is 351 g/mol. The second-order valence-electron chi connectivity index (χ2n) is 4.25. The van der Waals surface area contributed by atoms with E-state index in [9.17, 15) is 21.6 Å². The smallest absolute Gasteiger partial charge is 0.406 e. The molecule has 1 N–H and O–H groups in total. The maximum atomic E-state index is 12.0. The van der Waals surface area contributed by atoms with Gasteiger partial charge >= 0.3 is 6.36 Å². The van der Waals surface area contributed by atoms with Crippen molar-refractivity contribution in [2.24, 2.45) is 0 Å². The molecule has 2 rings (SSSR count). The Morgan fingerprint density at radius 3 is 2.36 bits per heavy atom. The first-order valence-electron chi connectivity index (χ1n) is 6.14.